The first-order valence-electron chi connectivity index (χ1n) is 6.48. The van der Waals surface area contributed by atoms with Crippen molar-refractivity contribution in [1.82, 2.24) is 10.1 Å². The van der Waals surface area contributed by atoms with Crippen molar-refractivity contribution >= 4 is 27.6 Å². The van der Waals surface area contributed by atoms with Gasteiger partial charge in [0.05, 0.1) is 5.56 Å². The van der Waals surface area contributed by atoms with Crippen molar-refractivity contribution < 1.29 is 19.2 Å². The van der Waals surface area contributed by atoms with Gasteiger partial charge in [-0.15, -0.1) is 5.06 Å². The van der Waals surface area contributed by atoms with Crippen molar-refractivity contribution in [1.29, 1.82) is 0 Å². The average molecular weight is 328 g/mol. The molecule has 0 radical (unpaired) electrons. The maximum Gasteiger partial charge on any atom is 0.339 e. The first-order valence-corrected chi connectivity index (χ1v) is 8.79. The zero-order chi connectivity index (χ0) is 14.9. The molecule has 2 bridgehead atoms. The Morgan fingerprint density at radius 2 is 2.24 bits per heavy atom. The molecule has 3 heterocycles. The number of rotatable bonds is 3. The monoisotopic (exact) mass is 328 g/mol. The molecule has 2 atom stereocenters. The van der Waals surface area contributed by atoms with Crippen LogP contribution in [0.3, 0.4) is 0 Å². The van der Waals surface area contributed by atoms with Gasteiger partial charge in [-0.05, 0) is 29.9 Å². The molecule has 3 aliphatic rings. The van der Waals surface area contributed by atoms with E-state index in [-0.39, 0.29) is 18.9 Å². The third-order valence-corrected chi connectivity index (χ3v) is 5.98. The van der Waals surface area contributed by atoms with Crippen LogP contribution < -0.4 is 0 Å². The largest absolute Gasteiger partial charge is 0.444 e. The molecule has 3 saturated heterocycles. The number of ether oxygens (including phenoxy) is 1. The van der Waals surface area contributed by atoms with Crippen LogP contribution in [0.25, 0.3) is 0 Å². The number of fused-ring (bicyclic) bond motifs is 4. The Hall–Kier alpha value is -0.770. The summed E-state index contributed by atoms with van der Waals surface area (Å²) in [5.74, 6) is 0.397. The Bertz CT molecular complexity index is 518. The lowest BCUT2D eigenvalue weighted by Crippen LogP contribution is -2.58. The van der Waals surface area contributed by atoms with Crippen molar-refractivity contribution in [3.8, 4) is 0 Å². The first kappa shape index (κ1) is 15.1. The summed E-state index contributed by atoms with van der Waals surface area (Å²) in [5.41, 5.74) is 0.516. The van der Waals surface area contributed by atoms with Gasteiger partial charge in [0.2, 0.25) is 5.06 Å². The highest BCUT2D eigenvalue weighted by molar-refractivity contribution is 8.77. The molecular formula is C13H16N2O4S2. The van der Waals surface area contributed by atoms with Crippen LogP contribution in [-0.4, -0.2) is 46.9 Å². The lowest BCUT2D eigenvalue weighted by atomic mass is 10.2. The standard InChI is InChI=1S/C13H16N2O4S2/c1-13-15(18-11(8-20-21-13)14(2)19-13)9-17-12(16)10-6-4-3-5-7-10/h3-7,11H,8-9H2,1-2H3. The molecule has 4 rings (SSSR count). The molecule has 0 aliphatic carbocycles. The molecule has 0 spiro atoms. The van der Waals surface area contributed by atoms with Crippen molar-refractivity contribution in [2.75, 3.05) is 19.5 Å². The summed E-state index contributed by atoms with van der Waals surface area (Å²) in [7, 11) is 5.06. The third kappa shape index (κ3) is 3.20. The Balaban J connectivity index is 1.64. The normalized spacial score (nSPS) is 30.1. The second kappa shape index (κ2) is 6.15. The number of hydrogen-bond donors (Lipinski definition) is 0. The molecule has 21 heavy (non-hydrogen) atoms. The SMILES string of the molecule is CN1OC2(C)SSCC1ON2COC(=O)c1ccccc1. The molecule has 3 fully saturated rings. The predicted octanol–water partition coefficient (Wildman–Crippen LogP) is 2.31. The molecule has 2 unspecified atom stereocenters. The van der Waals surface area contributed by atoms with Gasteiger partial charge >= 0.3 is 5.97 Å². The summed E-state index contributed by atoms with van der Waals surface area (Å²) in [6.07, 6.45) is -0.187. The minimum absolute atomic E-state index is 0.0160. The number of benzene rings is 1. The van der Waals surface area contributed by atoms with Crippen molar-refractivity contribution in [3.05, 3.63) is 35.9 Å². The molecule has 0 saturated carbocycles. The van der Waals surface area contributed by atoms with Gasteiger partial charge in [0, 0.05) is 12.8 Å². The van der Waals surface area contributed by atoms with Crippen LogP contribution in [0.4, 0.5) is 0 Å². The van der Waals surface area contributed by atoms with E-state index in [0.717, 1.165) is 5.75 Å². The molecule has 114 valence electrons. The van der Waals surface area contributed by atoms with Crippen LogP contribution in [0.15, 0.2) is 30.3 Å². The number of hydroxylamine groups is 4. The summed E-state index contributed by atoms with van der Waals surface area (Å²) in [6.45, 7) is 1.90. The van der Waals surface area contributed by atoms with E-state index in [1.807, 2.05) is 20.0 Å². The highest BCUT2D eigenvalue weighted by atomic mass is 33.1. The predicted molar refractivity (Wildman–Crippen MR) is 80.7 cm³/mol. The van der Waals surface area contributed by atoms with Crippen LogP contribution in [0, 0.1) is 0 Å². The molecule has 8 heteroatoms. The molecule has 1 aromatic carbocycles. The molecule has 0 N–H and O–H groups in total. The second-order valence-corrected chi connectivity index (χ2v) is 7.47. The van der Waals surface area contributed by atoms with Gasteiger partial charge in [-0.3, -0.25) is 9.68 Å². The van der Waals surface area contributed by atoms with Crippen LogP contribution >= 0.6 is 21.6 Å². The van der Waals surface area contributed by atoms with Crippen LogP contribution in [0.5, 0.6) is 0 Å². The van der Waals surface area contributed by atoms with E-state index >= 15 is 0 Å². The molecule has 1 aromatic rings. The number of carbonyl (C=O) groups is 1. The summed E-state index contributed by atoms with van der Waals surface area (Å²) < 4.78 is 5.32. The van der Waals surface area contributed by atoms with E-state index in [0.29, 0.717) is 5.56 Å². The van der Waals surface area contributed by atoms with E-state index in [9.17, 15) is 4.79 Å². The van der Waals surface area contributed by atoms with Crippen molar-refractivity contribution in [2.45, 2.75) is 18.2 Å². The fourth-order valence-corrected chi connectivity index (χ4v) is 4.55. The molecule has 3 aliphatic heterocycles. The van der Waals surface area contributed by atoms with Gasteiger partial charge in [-0.1, -0.05) is 29.0 Å². The zero-order valence-corrected chi connectivity index (χ0v) is 13.4. The Morgan fingerprint density at radius 3 is 3.00 bits per heavy atom. The van der Waals surface area contributed by atoms with Crippen molar-refractivity contribution in [2.24, 2.45) is 0 Å². The molecular weight excluding hydrogens is 312 g/mol. The summed E-state index contributed by atoms with van der Waals surface area (Å²) in [5, 5.41) is 2.55. The Morgan fingerprint density at radius 1 is 1.48 bits per heavy atom. The van der Waals surface area contributed by atoms with E-state index in [2.05, 4.69) is 0 Å². The van der Waals surface area contributed by atoms with Crippen LogP contribution in [0.2, 0.25) is 0 Å². The highest BCUT2D eigenvalue weighted by Gasteiger charge is 2.48. The van der Waals surface area contributed by atoms with Crippen LogP contribution in [-0.2, 0) is 14.4 Å². The Kier molecular flexibility index (Phi) is 4.43. The second-order valence-electron chi connectivity index (χ2n) is 4.77. The quantitative estimate of drug-likeness (QED) is 0.619. The first-order chi connectivity index (χ1) is 10.1. The summed E-state index contributed by atoms with van der Waals surface area (Å²) >= 11 is 0. The van der Waals surface area contributed by atoms with E-state index in [1.54, 1.807) is 56.0 Å². The minimum Gasteiger partial charge on any atom is -0.444 e. The Labute approximate surface area is 131 Å². The van der Waals surface area contributed by atoms with Gasteiger partial charge in [0.15, 0.2) is 13.0 Å². The fraction of sp³-hybridized carbons (Fsp3) is 0.462. The minimum atomic E-state index is -0.719. The number of esters is 1. The maximum atomic E-state index is 12.0. The summed E-state index contributed by atoms with van der Waals surface area (Å²) in [4.78, 5) is 23.6. The van der Waals surface area contributed by atoms with Gasteiger partial charge in [0.1, 0.15) is 0 Å². The van der Waals surface area contributed by atoms with Gasteiger partial charge in [-0.25, -0.2) is 4.79 Å². The van der Waals surface area contributed by atoms with E-state index in [1.165, 1.54) is 0 Å². The smallest absolute Gasteiger partial charge is 0.339 e. The average Bonchev–Trinajstić information content (AvgIpc) is 2.73. The third-order valence-electron chi connectivity index (χ3n) is 3.17. The molecule has 6 nitrogen and oxygen atoms in total. The lowest BCUT2D eigenvalue weighted by Gasteiger charge is -2.44. The van der Waals surface area contributed by atoms with Crippen LogP contribution in [0.1, 0.15) is 17.3 Å². The maximum absolute atomic E-state index is 12.0. The van der Waals surface area contributed by atoms with E-state index < -0.39 is 5.06 Å². The number of carbonyl (C=O) groups excluding carboxylic acids is 1. The molecule has 0 amide bonds. The number of nitrogens with zero attached hydrogens (tertiary/aromatic N) is 2. The fourth-order valence-electron chi connectivity index (χ4n) is 2.00. The topological polar surface area (TPSA) is 51.2 Å². The van der Waals surface area contributed by atoms with Gasteiger partial charge < -0.3 is 4.74 Å². The lowest BCUT2D eigenvalue weighted by molar-refractivity contribution is -0.450. The van der Waals surface area contributed by atoms with Gasteiger partial charge in [-0.2, -0.15) is 5.06 Å². The number of hydrogen-bond acceptors (Lipinski definition) is 8. The van der Waals surface area contributed by atoms with Gasteiger partial charge in [0.25, 0.3) is 0 Å². The molecule has 0 aromatic heterocycles. The van der Waals surface area contributed by atoms with E-state index in [4.69, 9.17) is 14.4 Å². The highest BCUT2D eigenvalue weighted by Crippen LogP contribution is 2.47. The summed E-state index contributed by atoms with van der Waals surface area (Å²) in [6, 6.07) is 8.88. The zero-order valence-electron chi connectivity index (χ0n) is 11.7. The van der Waals surface area contributed by atoms with Crippen molar-refractivity contribution in [3.63, 3.8) is 0 Å².